The van der Waals surface area contributed by atoms with E-state index < -0.39 is 0 Å². The van der Waals surface area contributed by atoms with E-state index in [-0.39, 0.29) is 40.0 Å². The molecule has 0 N–H and O–H groups in total. The van der Waals surface area contributed by atoms with Gasteiger partial charge in [-0.15, -0.1) is 0 Å². The van der Waals surface area contributed by atoms with Gasteiger partial charge in [0.05, 0.1) is 0 Å². The van der Waals surface area contributed by atoms with Gasteiger partial charge in [-0.3, -0.25) is 6.26 Å². The first-order valence-corrected chi connectivity index (χ1v) is 1.31. The van der Waals surface area contributed by atoms with E-state index in [4.69, 9.17) is 0 Å². The summed E-state index contributed by atoms with van der Waals surface area (Å²) in [6.07, 6.45) is 3.76. The van der Waals surface area contributed by atoms with Crippen LogP contribution < -0.4 is 17.0 Å². The molecular formula is C3H3BrMgO2. The average molecular weight is 175 g/mol. The molecule has 0 unspecified atom stereocenters. The zero-order chi connectivity index (χ0) is 3.54. The van der Waals surface area contributed by atoms with Crippen molar-refractivity contribution in [3.05, 3.63) is 12.5 Å². The second kappa shape index (κ2) is 6.59. The predicted octanol–water partition coefficient (Wildman–Crippen LogP) is -3.11. The summed E-state index contributed by atoms with van der Waals surface area (Å²) in [7, 11) is 0. The van der Waals surface area contributed by atoms with E-state index >= 15 is 0 Å². The fourth-order valence-corrected chi connectivity index (χ4v) is 0.170. The van der Waals surface area contributed by atoms with Gasteiger partial charge in [-0.05, 0) is 0 Å². The molecule has 36 valence electrons. The molecule has 1 aliphatic heterocycles. The van der Waals surface area contributed by atoms with Crippen molar-refractivity contribution in [2.75, 3.05) is 6.79 Å². The SMILES string of the molecule is [Br-].[C-]1=COCO1.[Mg+2]. The van der Waals surface area contributed by atoms with Crippen LogP contribution in [-0.4, -0.2) is 29.8 Å². The van der Waals surface area contributed by atoms with Crippen LogP contribution in [0.3, 0.4) is 0 Å². The Morgan fingerprint density at radius 2 is 2.29 bits per heavy atom. The molecule has 0 aliphatic carbocycles. The summed E-state index contributed by atoms with van der Waals surface area (Å²) in [5.74, 6) is 0. The van der Waals surface area contributed by atoms with Crippen LogP contribution in [0.1, 0.15) is 0 Å². The van der Waals surface area contributed by atoms with E-state index in [2.05, 4.69) is 15.7 Å². The molecule has 2 nitrogen and oxygen atoms in total. The van der Waals surface area contributed by atoms with Crippen LogP contribution in [0.25, 0.3) is 0 Å². The van der Waals surface area contributed by atoms with Crippen LogP contribution >= 0.6 is 0 Å². The summed E-state index contributed by atoms with van der Waals surface area (Å²) in [5, 5.41) is 0. The van der Waals surface area contributed by atoms with Gasteiger partial charge in [-0.25, -0.2) is 0 Å². The minimum Gasteiger partial charge on any atom is -1.00 e. The largest absolute Gasteiger partial charge is 2.00 e. The molecule has 0 aromatic carbocycles. The fourth-order valence-electron chi connectivity index (χ4n) is 0.170. The zero-order valence-corrected chi connectivity index (χ0v) is 6.69. The minimum absolute atomic E-state index is 0. The van der Waals surface area contributed by atoms with Gasteiger partial charge in [0.25, 0.3) is 0 Å². The Morgan fingerprint density at radius 1 is 1.57 bits per heavy atom. The van der Waals surface area contributed by atoms with Gasteiger partial charge in [0, 0.05) is 0 Å². The van der Waals surface area contributed by atoms with Gasteiger partial charge in [0.2, 0.25) is 0 Å². The van der Waals surface area contributed by atoms with Gasteiger partial charge in [0.15, 0.2) is 6.79 Å². The molecule has 4 heteroatoms. The molecule has 0 bridgehead atoms. The predicted molar refractivity (Wildman–Crippen MR) is 20.6 cm³/mol. The molecule has 0 atom stereocenters. The van der Waals surface area contributed by atoms with Crippen molar-refractivity contribution in [3.63, 3.8) is 0 Å². The Morgan fingerprint density at radius 3 is 2.43 bits per heavy atom. The summed E-state index contributed by atoms with van der Waals surface area (Å²) in [4.78, 5) is 0. The molecule has 0 saturated carbocycles. The second-order valence-corrected chi connectivity index (χ2v) is 0.665. The van der Waals surface area contributed by atoms with E-state index in [1.807, 2.05) is 0 Å². The van der Waals surface area contributed by atoms with Crippen LogP contribution in [0.4, 0.5) is 0 Å². The third kappa shape index (κ3) is 4.44. The molecule has 0 fully saturated rings. The number of halogens is 1. The summed E-state index contributed by atoms with van der Waals surface area (Å²) in [5.41, 5.74) is 0. The van der Waals surface area contributed by atoms with Crippen molar-refractivity contribution in [1.82, 2.24) is 0 Å². The molecular weight excluding hydrogens is 172 g/mol. The maximum atomic E-state index is 4.49. The van der Waals surface area contributed by atoms with Gasteiger partial charge in [-0.1, -0.05) is 6.26 Å². The average Bonchev–Trinajstić information content (AvgIpc) is 1.76. The topological polar surface area (TPSA) is 18.5 Å². The second-order valence-electron chi connectivity index (χ2n) is 0.665. The number of hydrogen-bond donors (Lipinski definition) is 0. The van der Waals surface area contributed by atoms with E-state index in [9.17, 15) is 0 Å². The van der Waals surface area contributed by atoms with Crippen molar-refractivity contribution >= 4 is 23.1 Å². The van der Waals surface area contributed by atoms with Gasteiger partial charge < -0.3 is 26.5 Å². The fraction of sp³-hybridized carbons (Fsp3) is 0.333. The molecule has 0 radical (unpaired) electrons. The first kappa shape index (κ1) is 10.5. The van der Waals surface area contributed by atoms with Crippen molar-refractivity contribution in [2.45, 2.75) is 0 Å². The zero-order valence-electron chi connectivity index (χ0n) is 3.69. The Bertz CT molecular complexity index is 50.9. The molecule has 0 saturated heterocycles. The number of hydrogen-bond acceptors (Lipinski definition) is 2. The van der Waals surface area contributed by atoms with Gasteiger partial charge in [-0.2, -0.15) is 0 Å². The summed E-state index contributed by atoms with van der Waals surface area (Å²) < 4.78 is 8.90. The number of ether oxygens (including phenoxy) is 2. The standard InChI is InChI=1S/C3H3O2.BrH.Mg/c1-2-5-3-4-1;;/h1H,3H2;1H;/q-1;;+2/p-1. The first-order chi connectivity index (χ1) is 2.50. The van der Waals surface area contributed by atoms with Gasteiger partial charge in [0.1, 0.15) is 0 Å². The van der Waals surface area contributed by atoms with Crippen LogP contribution in [0.2, 0.25) is 0 Å². The first-order valence-electron chi connectivity index (χ1n) is 1.31. The van der Waals surface area contributed by atoms with E-state index in [1.54, 1.807) is 0 Å². The summed E-state index contributed by atoms with van der Waals surface area (Å²) >= 11 is 0. The molecule has 0 spiro atoms. The monoisotopic (exact) mass is 174 g/mol. The van der Waals surface area contributed by atoms with E-state index in [0.29, 0.717) is 6.79 Å². The van der Waals surface area contributed by atoms with E-state index in [0.717, 1.165) is 0 Å². The molecule has 0 amide bonds. The summed E-state index contributed by atoms with van der Waals surface area (Å²) in [6, 6.07) is 0. The summed E-state index contributed by atoms with van der Waals surface area (Å²) in [6.45, 7) is 0.333. The Kier molecular flexibility index (Phi) is 9.92. The van der Waals surface area contributed by atoms with Crippen molar-refractivity contribution in [2.24, 2.45) is 0 Å². The van der Waals surface area contributed by atoms with Crippen molar-refractivity contribution in [1.29, 1.82) is 0 Å². The maximum absolute atomic E-state index is 4.49. The molecule has 1 aliphatic rings. The molecule has 1 rings (SSSR count). The number of rotatable bonds is 0. The Hall–Kier alpha value is 0.586. The van der Waals surface area contributed by atoms with Crippen molar-refractivity contribution in [3.8, 4) is 0 Å². The normalized spacial score (nSPS) is 12.6. The smallest absolute Gasteiger partial charge is 1.00 e. The molecule has 0 aromatic rings. The molecule has 0 aromatic heterocycles. The minimum atomic E-state index is 0. The Labute approximate surface area is 68.8 Å². The third-order valence-corrected chi connectivity index (χ3v) is 0.342. The van der Waals surface area contributed by atoms with Crippen LogP contribution in [0.5, 0.6) is 0 Å². The van der Waals surface area contributed by atoms with Crippen LogP contribution in [-0.2, 0) is 9.47 Å². The van der Waals surface area contributed by atoms with E-state index in [1.165, 1.54) is 6.26 Å². The van der Waals surface area contributed by atoms with Crippen LogP contribution in [0.15, 0.2) is 6.26 Å². The molecule has 1 heterocycles. The Balaban J connectivity index is 0. The molecule has 7 heavy (non-hydrogen) atoms. The quantitative estimate of drug-likeness (QED) is 0.287. The van der Waals surface area contributed by atoms with Crippen molar-refractivity contribution < 1.29 is 26.5 Å². The van der Waals surface area contributed by atoms with Gasteiger partial charge >= 0.3 is 23.1 Å². The maximum Gasteiger partial charge on any atom is 2.00 e. The third-order valence-electron chi connectivity index (χ3n) is 0.342. The van der Waals surface area contributed by atoms with Crippen LogP contribution in [0, 0.1) is 6.26 Å².